The molecule has 0 amide bonds. The van der Waals surface area contributed by atoms with Crippen LogP contribution in [0.1, 0.15) is 11.1 Å². The van der Waals surface area contributed by atoms with Crippen LogP contribution in [0.3, 0.4) is 0 Å². The van der Waals surface area contributed by atoms with Gasteiger partial charge in [-0.3, -0.25) is 0 Å². The number of aromatic nitrogens is 24. The molecule has 15 aromatic heterocycles. The van der Waals surface area contributed by atoms with Crippen molar-refractivity contribution < 1.29 is 63.2 Å². The fourth-order valence-electron chi connectivity index (χ4n) is 15.8. The summed E-state index contributed by atoms with van der Waals surface area (Å²) in [5.41, 5.74) is 18.4. The van der Waals surface area contributed by atoms with Crippen molar-refractivity contribution in [2.75, 3.05) is 0 Å². The van der Waals surface area contributed by atoms with E-state index in [1.165, 1.54) is 0 Å². The Kier molecular flexibility index (Phi) is 21.2. The van der Waals surface area contributed by atoms with Crippen molar-refractivity contribution >= 4 is 222 Å². The zero-order chi connectivity index (χ0) is 82.3. The molecule has 0 aliphatic carbocycles. The third-order valence-corrected chi connectivity index (χ3v) is 21.5. The van der Waals surface area contributed by atoms with Crippen LogP contribution in [0.5, 0.6) is 0 Å². The summed E-state index contributed by atoms with van der Waals surface area (Å²) in [6, 6.07) is 103. The van der Waals surface area contributed by atoms with Gasteiger partial charge in [0, 0.05) is 78.5 Å². The van der Waals surface area contributed by atoms with Crippen LogP contribution in [0, 0.1) is 13.8 Å². The van der Waals surface area contributed by atoms with Gasteiger partial charge in [-0.1, -0.05) is 255 Å². The van der Waals surface area contributed by atoms with E-state index in [1.54, 1.807) is 0 Å². The molecule has 24 nitrogen and oxygen atoms in total. The van der Waals surface area contributed by atoms with Gasteiger partial charge in [-0.2, -0.15) is 0 Å². The minimum absolute atomic E-state index is 0. The van der Waals surface area contributed by atoms with Gasteiger partial charge in [-0.25, -0.2) is 29.9 Å². The second-order valence-corrected chi connectivity index (χ2v) is 29.8. The number of fused-ring (bicyclic) bond motifs is 46. The number of hydrogen-bond acceptors (Lipinski definition) is 18. The summed E-state index contributed by atoms with van der Waals surface area (Å²) in [5, 5.41) is 14.3. The van der Waals surface area contributed by atoms with Crippen molar-refractivity contribution in [3.05, 3.63) is 327 Å². The molecule has 0 atom stereocenters. The monoisotopic (exact) mass is 2180 g/mol. The van der Waals surface area contributed by atoms with Crippen LogP contribution in [0.15, 0.2) is 315 Å². The molecule has 0 unspecified atom stereocenters. The molecular weight excluding hydrogens is 2120 g/mol. The molecule has 15 heterocycles. The first kappa shape index (κ1) is 80.0. The average Bonchev–Trinajstić information content (AvgIpc) is 1.65. The number of benzene rings is 10. The third-order valence-electron chi connectivity index (χ3n) is 21.5. The van der Waals surface area contributed by atoms with Gasteiger partial charge >= 0.3 is 63.2 Å². The van der Waals surface area contributed by atoms with Crippen molar-refractivity contribution in [1.29, 1.82) is 0 Å². The van der Waals surface area contributed by atoms with Gasteiger partial charge in [0.2, 0.25) is 0 Å². The van der Waals surface area contributed by atoms with Crippen molar-refractivity contribution in [1.82, 2.24) is 120 Å². The molecule has 0 fully saturated rings. The number of aryl methyl sites for hydroxylation is 2. The van der Waals surface area contributed by atoms with Crippen molar-refractivity contribution in [3.63, 3.8) is 0 Å². The molecule has 0 radical (unpaired) electrons. The first-order chi connectivity index (χ1) is 61.1. The van der Waals surface area contributed by atoms with Gasteiger partial charge in [0.1, 0.15) is 0 Å². The molecule has 10 aromatic carbocycles. The summed E-state index contributed by atoms with van der Waals surface area (Å²) in [6.45, 7) is 3.99. The Balaban J connectivity index is 0.000000119. The molecule has 608 valence electrons. The number of hydrogen-bond donors (Lipinski definition) is 0. The van der Waals surface area contributed by atoms with Crippen LogP contribution < -0.4 is 29.9 Å². The van der Waals surface area contributed by atoms with Crippen molar-refractivity contribution in [3.8, 4) is 22.3 Å². The van der Waals surface area contributed by atoms with Crippen LogP contribution in [-0.4, -0.2) is 89.7 Å². The molecule has 25 rings (SSSR count). The predicted molar refractivity (Wildman–Crippen MR) is 489 cm³/mol. The minimum atomic E-state index is 0. The van der Waals surface area contributed by atoms with E-state index < -0.39 is 0 Å². The van der Waals surface area contributed by atoms with E-state index in [-0.39, 0.29) is 63.2 Å². The van der Waals surface area contributed by atoms with E-state index in [0.29, 0.717) is 136 Å². The molecule has 0 aliphatic rings. The maximum absolute atomic E-state index is 4.99. The first-order valence-electron chi connectivity index (χ1n) is 39.9. The third kappa shape index (κ3) is 15.6. The van der Waals surface area contributed by atoms with Crippen LogP contribution in [-0.2, 0) is 63.2 Å². The number of rotatable bonds is 2. The molecule has 24 bridgehead atoms. The summed E-state index contributed by atoms with van der Waals surface area (Å²) in [7, 11) is 0. The standard InChI is InChI=1S/C38H22N8.C34H18N8.C28H18N8.3Pt/c1-3-11-23(12-4-1)25-19-31-39-32(20-25)42-36-28-16-8-10-18-30(28)38(46-36)44-34-22-26(24-13-5-2-6-14-24)21-33(40-34)43-37-29-17-9-7-15-27(29)35(41-31)45-37;1-3-11-21-19(9-1)17-27-35-29(21)39-33-25-15-7-6-14-24(25)32(42-33)38-28-18-20-10-2-4-12-22(20)30(36-28)40-34-26-16-8-5-13-23(26)31(37-27)41-34;1-15-11-21-29-22(12-15)32-26-18-8-4-6-10-20(18)28(36-26)34-24-14-16(2)13-23(30-24)33-27-19-9-5-3-7-17(19)25(31-21)35-27;;;/h1-22H;1-18H;3-14H,1-2H3;;;/q3*-2;3*+2. The Hall–Kier alpha value is -15.5. The topological polar surface area (TPSA) is 317 Å². The Morgan fingerprint density at radius 3 is 0.543 bits per heavy atom. The van der Waals surface area contributed by atoms with Gasteiger partial charge in [0.15, 0.2) is 0 Å². The second-order valence-electron chi connectivity index (χ2n) is 29.8. The molecule has 0 saturated carbocycles. The zero-order valence-corrected chi connectivity index (χ0v) is 73.5. The number of nitrogens with zero attached hydrogens (tertiary/aromatic N) is 24. The van der Waals surface area contributed by atoms with Gasteiger partial charge in [0.25, 0.3) is 0 Å². The Bertz CT molecular complexity index is 8320. The van der Waals surface area contributed by atoms with E-state index in [4.69, 9.17) is 120 Å². The molecular formula is C100H58N24Pt3. The normalized spacial score (nSPS) is 11.4. The fraction of sp³-hybridized carbons (Fsp3) is 0.0200. The summed E-state index contributed by atoms with van der Waals surface area (Å²) >= 11 is 0. The Morgan fingerprint density at radius 1 is 0.150 bits per heavy atom. The molecule has 27 heteroatoms. The largest absolute Gasteiger partial charge is 2.00 e. The average molecular weight is 2180 g/mol. The summed E-state index contributed by atoms with van der Waals surface area (Å²) in [5.74, 6) is 0. The smallest absolute Gasteiger partial charge is 0.357 e. The predicted octanol–water partition coefficient (Wildman–Crippen LogP) is 20.0. The minimum Gasteiger partial charge on any atom is -0.357 e. The molecule has 25 aromatic rings. The van der Waals surface area contributed by atoms with E-state index in [1.807, 2.05) is 305 Å². The van der Waals surface area contributed by atoms with Crippen LogP contribution >= 0.6 is 0 Å². The second kappa shape index (κ2) is 33.6. The van der Waals surface area contributed by atoms with E-state index in [9.17, 15) is 0 Å². The summed E-state index contributed by atoms with van der Waals surface area (Å²) in [6.07, 6.45) is 0. The van der Waals surface area contributed by atoms with E-state index in [0.717, 1.165) is 120 Å². The SMILES string of the molecule is Cc1cc2nc(c1)nc1[n-]c(nc3cc(C)cc(n3)nc3[n-]c(n2)c2ccccc32)c2ccccc12.[Pt+2].[Pt+2].[Pt+2].c1ccc(-c2cc3nc(c2)nc2[n-]c(nc4cc(-c5ccccc5)cc(n4)nc4[n-]c(n3)c3ccccc43)c3ccccc23)cc1.c1ccc2c(c1)cc1nc2nc2[n-]c(nc3cc4ccccc4c(n3)nc3[n-]c(n1)c1ccccc31)c1ccccc21. The van der Waals surface area contributed by atoms with Gasteiger partial charge in [-0.05, 0) is 183 Å². The van der Waals surface area contributed by atoms with Crippen LogP contribution in [0.4, 0.5) is 0 Å². The van der Waals surface area contributed by atoms with Gasteiger partial charge in [0.05, 0.1) is 67.8 Å². The van der Waals surface area contributed by atoms with Crippen LogP contribution in [0.2, 0.25) is 0 Å². The first-order valence-corrected chi connectivity index (χ1v) is 39.9. The summed E-state index contributed by atoms with van der Waals surface area (Å²) in [4.78, 5) is 117. The number of pyridine rings is 6. The molecule has 0 saturated heterocycles. The quantitative estimate of drug-likeness (QED) is 0.155. The molecule has 127 heavy (non-hydrogen) atoms. The van der Waals surface area contributed by atoms with Crippen LogP contribution in [0.25, 0.3) is 244 Å². The van der Waals surface area contributed by atoms with Crippen molar-refractivity contribution in [2.24, 2.45) is 0 Å². The Morgan fingerprint density at radius 2 is 0.323 bits per heavy atom. The molecule has 0 aliphatic heterocycles. The maximum Gasteiger partial charge on any atom is 2.00 e. The molecule has 0 spiro atoms. The molecule has 0 N–H and O–H groups in total. The van der Waals surface area contributed by atoms with Gasteiger partial charge < -0.3 is 89.7 Å². The van der Waals surface area contributed by atoms with E-state index in [2.05, 4.69) is 24.3 Å². The van der Waals surface area contributed by atoms with E-state index >= 15 is 0 Å². The Labute approximate surface area is 761 Å². The van der Waals surface area contributed by atoms with Gasteiger partial charge in [-0.15, -0.1) is 0 Å². The zero-order valence-electron chi connectivity index (χ0n) is 66.7. The fourth-order valence-corrected chi connectivity index (χ4v) is 15.8. The van der Waals surface area contributed by atoms with Crippen molar-refractivity contribution in [2.45, 2.75) is 13.8 Å². The maximum atomic E-state index is 4.99. The summed E-state index contributed by atoms with van der Waals surface area (Å²) < 4.78 is 0.